The molecule has 0 amide bonds. The first-order chi connectivity index (χ1) is 14.9. The average molecular weight is 420 g/mol. The molecule has 1 fully saturated rings. The largest absolute Gasteiger partial charge is 0.291 e. The van der Waals surface area contributed by atoms with Crippen molar-refractivity contribution in [1.82, 2.24) is 0 Å². The van der Waals surface area contributed by atoms with Crippen molar-refractivity contribution in [3.8, 4) is 0 Å². The van der Waals surface area contributed by atoms with E-state index in [0.717, 1.165) is 0 Å². The van der Waals surface area contributed by atoms with E-state index in [9.17, 15) is 0 Å². The zero-order chi connectivity index (χ0) is 21.5. The van der Waals surface area contributed by atoms with Gasteiger partial charge in [0.05, 0.1) is 0 Å². The minimum atomic E-state index is 0.682. The van der Waals surface area contributed by atoms with E-state index in [2.05, 4.69) is 13.8 Å². The Labute approximate surface area is 191 Å². The first kappa shape index (κ1) is 27.7. The Balaban J connectivity index is 2.06. The van der Waals surface area contributed by atoms with Crippen LogP contribution in [0.1, 0.15) is 174 Å². The first-order valence-electron chi connectivity index (χ1n) is 14.4. The molecule has 1 nitrogen and oxygen atoms in total. The molecule has 0 aromatic carbocycles. The molecule has 0 atom stereocenters. The Morgan fingerprint density at radius 3 is 1.20 bits per heavy atom. The quantitative estimate of drug-likeness (QED) is 0.122. The van der Waals surface area contributed by atoms with E-state index < -0.39 is 0 Å². The minimum Gasteiger partial charge on any atom is -0.291 e. The van der Waals surface area contributed by atoms with Crippen LogP contribution < -0.4 is 0 Å². The van der Waals surface area contributed by atoms with Crippen LogP contribution in [0.5, 0.6) is 0 Å². The van der Waals surface area contributed by atoms with Crippen molar-refractivity contribution in [2.75, 3.05) is 0 Å². The molecule has 0 radical (unpaired) electrons. The first-order valence-corrected chi connectivity index (χ1v) is 14.4. The van der Waals surface area contributed by atoms with Gasteiger partial charge >= 0.3 is 0 Å². The molecule has 0 heterocycles. The average Bonchev–Trinajstić information content (AvgIpc) is 3.26. The van der Waals surface area contributed by atoms with E-state index in [1.165, 1.54) is 161 Å². The zero-order valence-corrected chi connectivity index (χ0v) is 21.2. The molecule has 0 aromatic rings. The second-order valence-corrected chi connectivity index (χ2v) is 10.1. The molecule has 1 aliphatic rings. The fraction of sp³-hybridized carbons (Fsp3) is 0.966. The maximum Gasteiger partial charge on any atom is 0.0499 e. The highest BCUT2D eigenvalue weighted by Crippen LogP contribution is 2.23. The molecule has 1 aliphatic carbocycles. The number of nitrogens with zero attached hydrogens (tertiary/aromatic N) is 1. The molecule has 0 bridgehead atoms. The summed E-state index contributed by atoms with van der Waals surface area (Å²) in [7, 11) is 0. The topological polar surface area (TPSA) is 12.4 Å². The van der Waals surface area contributed by atoms with Gasteiger partial charge in [-0.05, 0) is 38.5 Å². The van der Waals surface area contributed by atoms with Crippen molar-refractivity contribution in [3.63, 3.8) is 0 Å². The van der Waals surface area contributed by atoms with Crippen LogP contribution in [0.4, 0.5) is 0 Å². The van der Waals surface area contributed by atoms with E-state index in [1.807, 2.05) is 0 Å². The molecule has 1 saturated carbocycles. The van der Waals surface area contributed by atoms with Gasteiger partial charge in [0, 0.05) is 11.8 Å². The maximum atomic E-state index is 5.23. The fourth-order valence-electron chi connectivity index (χ4n) is 5.00. The van der Waals surface area contributed by atoms with E-state index in [4.69, 9.17) is 4.99 Å². The van der Waals surface area contributed by atoms with Crippen LogP contribution >= 0.6 is 0 Å². The van der Waals surface area contributed by atoms with Gasteiger partial charge in [0.25, 0.3) is 0 Å². The zero-order valence-electron chi connectivity index (χ0n) is 21.2. The van der Waals surface area contributed by atoms with Gasteiger partial charge < -0.3 is 0 Å². The van der Waals surface area contributed by atoms with Crippen LogP contribution in [0.15, 0.2) is 4.99 Å². The van der Waals surface area contributed by atoms with Crippen LogP contribution in [0.3, 0.4) is 0 Å². The molecular formula is C29H57N. The van der Waals surface area contributed by atoms with Gasteiger partial charge in [-0.15, -0.1) is 0 Å². The van der Waals surface area contributed by atoms with E-state index in [-0.39, 0.29) is 0 Å². The Morgan fingerprint density at radius 2 is 0.833 bits per heavy atom. The van der Waals surface area contributed by atoms with Crippen LogP contribution in [-0.2, 0) is 0 Å². The standard InChI is InChI=1S/C29H57N/c1-3-5-7-9-11-13-14-15-17-19-21-25-28(30-29-26-22-23-27-29)24-20-18-16-12-10-8-6-4-2/h29H,3-27H2,1-2H3. The van der Waals surface area contributed by atoms with Gasteiger partial charge in [0.1, 0.15) is 0 Å². The van der Waals surface area contributed by atoms with Crippen LogP contribution in [0.2, 0.25) is 0 Å². The second kappa shape index (κ2) is 21.9. The van der Waals surface area contributed by atoms with E-state index in [0.29, 0.717) is 6.04 Å². The van der Waals surface area contributed by atoms with Gasteiger partial charge in [0.2, 0.25) is 0 Å². The Kier molecular flexibility index (Phi) is 20.2. The predicted octanol–water partition coefficient (Wildman–Crippen LogP) is 10.6. The highest BCUT2D eigenvalue weighted by molar-refractivity contribution is 5.84. The lowest BCUT2D eigenvalue weighted by Gasteiger charge is -2.11. The number of rotatable bonds is 22. The monoisotopic (exact) mass is 419 g/mol. The SMILES string of the molecule is CCCCCCCCCCCCCC(CCCCCCCCCC)=NC1CCCC1. The van der Waals surface area contributed by atoms with E-state index in [1.54, 1.807) is 5.71 Å². The lowest BCUT2D eigenvalue weighted by Crippen LogP contribution is -2.06. The molecule has 0 spiro atoms. The molecule has 1 heteroatoms. The lowest BCUT2D eigenvalue weighted by atomic mass is 10.0. The molecule has 0 unspecified atom stereocenters. The second-order valence-electron chi connectivity index (χ2n) is 10.1. The van der Waals surface area contributed by atoms with Gasteiger partial charge in [-0.2, -0.15) is 0 Å². The van der Waals surface area contributed by atoms with Crippen molar-refractivity contribution in [3.05, 3.63) is 0 Å². The smallest absolute Gasteiger partial charge is 0.0499 e. The molecular weight excluding hydrogens is 362 g/mol. The third-order valence-corrected chi connectivity index (χ3v) is 7.08. The van der Waals surface area contributed by atoms with Crippen molar-refractivity contribution < 1.29 is 0 Å². The molecule has 0 saturated heterocycles. The summed E-state index contributed by atoms with van der Waals surface area (Å²) >= 11 is 0. The lowest BCUT2D eigenvalue weighted by molar-refractivity contribution is 0.550. The number of hydrogen-bond donors (Lipinski definition) is 0. The molecule has 0 aromatic heterocycles. The van der Waals surface area contributed by atoms with E-state index >= 15 is 0 Å². The summed E-state index contributed by atoms with van der Waals surface area (Å²) in [4.78, 5) is 5.23. The van der Waals surface area contributed by atoms with Crippen LogP contribution in [-0.4, -0.2) is 11.8 Å². The molecule has 30 heavy (non-hydrogen) atoms. The summed E-state index contributed by atoms with van der Waals surface area (Å²) < 4.78 is 0. The Morgan fingerprint density at radius 1 is 0.500 bits per heavy atom. The minimum absolute atomic E-state index is 0.682. The fourth-order valence-corrected chi connectivity index (χ4v) is 5.00. The number of aliphatic imine (C=N–C) groups is 1. The number of hydrogen-bond acceptors (Lipinski definition) is 1. The highest BCUT2D eigenvalue weighted by Gasteiger charge is 2.14. The molecule has 178 valence electrons. The summed E-state index contributed by atoms with van der Waals surface area (Å²) in [5.74, 6) is 0. The maximum absolute atomic E-state index is 5.23. The summed E-state index contributed by atoms with van der Waals surface area (Å²) in [6, 6.07) is 0.682. The molecule has 0 N–H and O–H groups in total. The highest BCUT2D eigenvalue weighted by atomic mass is 14.8. The van der Waals surface area contributed by atoms with Crippen molar-refractivity contribution in [1.29, 1.82) is 0 Å². The van der Waals surface area contributed by atoms with Crippen molar-refractivity contribution >= 4 is 5.71 Å². The van der Waals surface area contributed by atoms with Gasteiger partial charge in [-0.3, -0.25) is 4.99 Å². The third-order valence-electron chi connectivity index (χ3n) is 7.08. The Hall–Kier alpha value is -0.330. The van der Waals surface area contributed by atoms with Crippen molar-refractivity contribution in [2.24, 2.45) is 4.99 Å². The van der Waals surface area contributed by atoms with Gasteiger partial charge in [-0.1, -0.05) is 136 Å². The Bertz CT molecular complexity index is 367. The van der Waals surface area contributed by atoms with Crippen molar-refractivity contribution in [2.45, 2.75) is 180 Å². The van der Waals surface area contributed by atoms with Gasteiger partial charge in [-0.25, -0.2) is 0 Å². The van der Waals surface area contributed by atoms with Crippen LogP contribution in [0, 0.1) is 0 Å². The van der Waals surface area contributed by atoms with Crippen LogP contribution in [0.25, 0.3) is 0 Å². The van der Waals surface area contributed by atoms with Gasteiger partial charge in [0.15, 0.2) is 0 Å². The third kappa shape index (κ3) is 17.4. The predicted molar refractivity (Wildman–Crippen MR) is 138 cm³/mol. The normalized spacial score (nSPS) is 15.3. The summed E-state index contributed by atoms with van der Waals surface area (Å²) in [6.07, 6.45) is 35.4. The molecule has 0 aliphatic heterocycles. The number of unbranched alkanes of at least 4 members (excludes halogenated alkanes) is 17. The summed E-state index contributed by atoms with van der Waals surface area (Å²) in [6.45, 7) is 4.61. The molecule has 1 rings (SSSR count). The summed E-state index contributed by atoms with van der Waals surface area (Å²) in [5, 5.41) is 0. The summed E-state index contributed by atoms with van der Waals surface area (Å²) in [5.41, 5.74) is 1.59.